The predicted molar refractivity (Wildman–Crippen MR) is 157 cm³/mol. The van der Waals surface area contributed by atoms with Crippen LogP contribution < -0.4 is 5.32 Å². The Morgan fingerprint density at radius 3 is 1.86 bits per heavy atom. The van der Waals surface area contributed by atoms with Crippen molar-refractivity contribution in [3.8, 4) is 22.3 Å². The molecule has 0 atom stereocenters. The van der Waals surface area contributed by atoms with E-state index in [1.807, 2.05) is 17.4 Å². The Morgan fingerprint density at radius 1 is 0.444 bits per heavy atom. The standard InChI is InChI=1S/C34H23NS/c1-2-7-23(8-3-1)24-13-18-27(19-14-24)35-28-20-15-26(16-21-28)30-11-6-12-31-33-29-10-5-4-9-25(29)17-22-32(33)36-34(30)31/h1-22,35H. The number of hydrogen-bond acceptors (Lipinski definition) is 2. The molecule has 0 radical (unpaired) electrons. The summed E-state index contributed by atoms with van der Waals surface area (Å²) in [6, 6.07) is 47.7. The predicted octanol–water partition coefficient (Wildman–Crippen LogP) is 10.3. The summed E-state index contributed by atoms with van der Waals surface area (Å²) in [4.78, 5) is 0. The lowest BCUT2D eigenvalue weighted by Gasteiger charge is -2.10. The highest BCUT2D eigenvalue weighted by Crippen LogP contribution is 2.42. The SMILES string of the molecule is c1ccc(-c2ccc(Nc3ccc(-c4cccc5c4sc4ccc6ccccc6c45)cc3)cc2)cc1. The summed E-state index contributed by atoms with van der Waals surface area (Å²) in [6.07, 6.45) is 0. The summed E-state index contributed by atoms with van der Waals surface area (Å²) in [7, 11) is 0. The van der Waals surface area contributed by atoms with Gasteiger partial charge in [0.15, 0.2) is 0 Å². The van der Waals surface area contributed by atoms with E-state index in [9.17, 15) is 0 Å². The monoisotopic (exact) mass is 477 g/mol. The molecular formula is C34H23NS. The van der Waals surface area contributed by atoms with Crippen molar-refractivity contribution in [2.75, 3.05) is 5.32 Å². The molecule has 0 unspecified atom stereocenters. The minimum atomic E-state index is 1.08. The first-order chi connectivity index (χ1) is 17.8. The molecule has 7 aromatic rings. The van der Waals surface area contributed by atoms with Gasteiger partial charge in [-0.25, -0.2) is 0 Å². The molecule has 0 amide bonds. The lowest BCUT2D eigenvalue weighted by molar-refractivity contribution is 1.54. The number of nitrogens with one attached hydrogen (secondary N) is 1. The molecule has 6 aromatic carbocycles. The van der Waals surface area contributed by atoms with E-state index in [1.54, 1.807) is 0 Å². The van der Waals surface area contributed by atoms with Gasteiger partial charge in [-0.05, 0) is 63.4 Å². The molecule has 0 saturated heterocycles. The van der Waals surface area contributed by atoms with Crippen LogP contribution in [0.3, 0.4) is 0 Å². The van der Waals surface area contributed by atoms with Gasteiger partial charge in [-0.2, -0.15) is 0 Å². The minimum absolute atomic E-state index is 1.08. The Bertz CT molecular complexity index is 1830. The van der Waals surface area contributed by atoms with Gasteiger partial charge >= 0.3 is 0 Å². The number of anilines is 2. The van der Waals surface area contributed by atoms with Crippen LogP contribution in [0.4, 0.5) is 11.4 Å². The highest BCUT2D eigenvalue weighted by atomic mass is 32.1. The summed E-state index contributed by atoms with van der Waals surface area (Å²) < 4.78 is 2.69. The first-order valence-corrected chi connectivity index (χ1v) is 13.0. The normalized spacial score (nSPS) is 11.3. The fourth-order valence-electron chi connectivity index (χ4n) is 5.07. The van der Waals surface area contributed by atoms with Crippen molar-refractivity contribution in [1.29, 1.82) is 0 Å². The molecule has 0 aliphatic heterocycles. The lowest BCUT2D eigenvalue weighted by Crippen LogP contribution is -1.90. The third kappa shape index (κ3) is 3.64. The fourth-order valence-corrected chi connectivity index (χ4v) is 6.33. The third-order valence-electron chi connectivity index (χ3n) is 6.86. The van der Waals surface area contributed by atoms with Crippen molar-refractivity contribution in [2.24, 2.45) is 0 Å². The minimum Gasteiger partial charge on any atom is -0.356 e. The van der Waals surface area contributed by atoms with Crippen LogP contribution >= 0.6 is 11.3 Å². The molecule has 7 rings (SSSR count). The molecule has 1 aromatic heterocycles. The van der Waals surface area contributed by atoms with Gasteiger partial charge in [-0.3, -0.25) is 0 Å². The van der Waals surface area contributed by atoms with Crippen LogP contribution in [0.2, 0.25) is 0 Å². The van der Waals surface area contributed by atoms with Gasteiger partial charge < -0.3 is 5.32 Å². The molecule has 0 spiro atoms. The molecule has 1 nitrogen and oxygen atoms in total. The number of benzene rings is 6. The number of thiophene rings is 1. The molecule has 1 heterocycles. The van der Waals surface area contributed by atoms with Gasteiger partial charge in [0.1, 0.15) is 0 Å². The summed E-state index contributed by atoms with van der Waals surface area (Å²) in [6.45, 7) is 0. The molecule has 0 aliphatic rings. The summed E-state index contributed by atoms with van der Waals surface area (Å²) >= 11 is 1.89. The van der Waals surface area contributed by atoms with Crippen molar-refractivity contribution in [1.82, 2.24) is 0 Å². The Morgan fingerprint density at radius 2 is 1.08 bits per heavy atom. The fraction of sp³-hybridized carbons (Fsp3) is 0. The van der Waals surface area contributed by atoms with E-state index in [0.29, 0.717) is 0 Å². The zero-order chi connectivity index (χ0) is 23.9. The molecule has 0 aliphatic carbocycles. The number of fused-ring (bicyclic) bond motifs is 5. The average Bonchev–Trinajstić information content (AvgIpc) is 3.34. The van der Waals surface area contributed by atoms with Crippen molar-refractivity contribution in [2.45, 2.75) is 0 Å². The second kappa shape index (κ2) is 8.67. The van der Waals surface area contributed by atoms with Crippen molar-refractivity contribution in [3.63, 3.8) is 0 Å². The van der Waals surface area contributed by atoms with Crippen LogP contribution in [0.15, 0.2) is 133 Å². The first kappa shape index (κ1) is 20.9. The Kier molecular flexibility index (Phi) is 5.04. The van der Waals surface area contributed by atoms with E-state index < -0.39 is 0 Å². The highest BCUT2D eigenvalue weighted by Gasteiger charge is 2.12. The molecule has 1 N–H and O–H groups in total. The maximum absolute atomic E-state index is 3.54. The van der Waals surface area contributed by atoms with Gasteiger partial charge in [0.25, 0.3) is 0 Å². The zero-order valence-corrected chi connectivity index (χ0v) is 20.4. The molecule has 170 valence electrons. The molecule has 2 heteroatoms. The van der Waals surface area contributed by atoms with E-state index >= 15 is 0 Å². The van der Waals surface area contributed by atoms with Crippen LogP contribution in [0, 0.1) is 0 Å². The topological polar surface area (TPSA) is 12.0 Å². The first-order valence-electron chi connectivity index (χ1n) is 12.2. The Balaban J connectivity index is 1.21. The maximum atomic E-state index is 3.54. The van der Waals surface area contributed by atoms with Crippen LogP contribution in [-0.2, 0) is 0 Å². The van der Waals surface area contributed by atoms with Crippen molar-refractivity contribution < 1.29 is 0 Å². The maximum Gasteiger partial charge on any atom is 0.0434 e. The second-order valence-corrected chi connectivity index (χ2v) is 10.1. The third-order valence-corrected chi connectivity index (χ3v) is 8.07. The van der Waals surface area contributed by atoms with E-state index in [4.69, 9.17) is 0 Å². The highest BCUT2D eigenvalue weighted by molar-refractivity contribution is 7.26. The van der Waals surface area contributed by atoms with E-state index in [1.165, 1.54) is 53.2 Å². The van der Waals surface area contributed by atoms with E-state index in [2.05, 4.69) is 133 Å². The van der Waals surface area contributed by atoms with Crippen LogP contribution in [0.25, 0.3) is 53.2 Å². The van der Waals surface area contributed by atoms with Crippen LogP contribution in [0.1, 0.15) is 0 Å². The van der Waals surface area contributed by atoms with Gasteiger partial charge in [0, 0.05) is 31.5 Å². The molecule has 36 heavy (non-hydrogen) atoms. The number of hydrogen-bond donors (Lipinski definition) is 1. The molecule has 0 bridgehead atoms. The van der Waals surface area contributed by atoms with Crippen LogP contribution in [-0.4, -0.2) is 0 Å². The van der Waals surface area contributed by atoms with Gasteiger partial charge in [-0.15, -0.1) is 11.3 Å². The molecule has 0 saturated carbocycles. The van der Waals surface area contributed by atoms with Crippen molar-refractivity contribution >= 4 is 53.7 Å². The number of rotatable bonds is 4. The van der Waals surface area contributed by atoms with Gasteiger partial charge in [-0.1, -0.05) is 103 Å². The Hall–Kier alpha value is -4.40. The van der Waals surface area contributed by atoms with E-state index in [-0.39, 0.29) is 0 Å². The summed E-state index contributed by atoms with van der Waals surface area (Å²) in [5.41, 5.74) is 7.15. The molecular weight excluding hydrogens is 454 g/mol. The summed E-state index contributed by atoms with van der Waals surface area (Å²) in [5, 5.41) is 8.87. The zero-order valence-electron chi connectivity index (χ0n) is 19.6. The average molecular weight is 478 g/mol. The van der Waals surface area contributed by atoms with Gasteiger partial charge in [0.2, 0.25) is 0 Å². The quantitative estimate of drug-likeness (QED) is 0.266. The lowest BCUT2D eigenvalue weighted by atomic mass is 10.00. The second-order valence-electron chi connectivity index (χ2n) is 9.09. The van der Waals surface area contributed by atoms with E-state index in [0.717, 1.165) is 11.4 Å². The molecule has 0 fully saturated rings. The van der Waals surface area contributed by atoms with Crippen LogP contribution in [0.5, 0.6) is 0 Å². The Labute approximate surface area is 214 Å². The largest absolute Gasteiger partial charge is 0.356 e. The smallest absolute Gasteiger partial charge is 0.0434 e. The van der Waals surface area contributed by atoms with Gasteiger partial charge in [0.05, 0.1) is 0 Å². The summed E-state index contributed by atoms with van der Waals surface area (Å²) in [5.74, 6) is 0. The van der Waals surface area contributed by atoms with Crippen molar-refractivity contribution in [3.05, 3.63) is 133 Å².